The van der Waals surface area contributed by atoms with E-state index in [2.05, 4.69) is 204 Å². The van der Waals surface area contributed by atoms with Gasteiger partial charge in [0.2, 0.25) is 0 Å². The van der Waals surface area contributed by atoms with E-state index in [0.717, 1.165) is 27.7 Å². The van der Waals surface area contributed by atoms with Crippen molar-refractivity contribution in [2.24, 2.45) is 0 Å². The molecule has 248 valence electrons. The van der Waals surface area contributed by atoms with Gasteiger partial charge in [0.15, 0.2) is 0 Å². The molecule has 0 aromatic heterocycles. The summed E-state index contributed by atoms with van der Waals surface area (Å²) >= 11 is 0. The summed E-state index contributed by atoms with van der Waals surface area (Å²) in [6, 6.07) is 63.1. The summed E-state index contributed by atoms with van der Waals surface area (Å²) < 4.78 is 13.3. The molecule has 1 saturated heterocycles. The molecule has 0 spiro atoms. The molecule has 0 bridgehead atoms. The highest BCUT2D eigenvalue weighted by Gasteiger charge is 2.51. The zero-order valence-corrected chi connectivity index (χ0v) is 29.6. The van der Waals surface area contributed by atoms with Crippen molar-refractivity contribution in [2.75, 3.05) is 0 Å². The van der Waals surface area contributed by atoms with Crippen molar-refractivity contribution in [2.45, 2.75) is 38.9 Å². The van der Waals surface area contributed by atoms with Crippen LogP contribution in [-0.2, 0) is 9.31 Å². The van der Waals surface area contributed by atoms with E-state index in [4.69, 9.17) is 9.31 Å². The maximum absolute atomic E-state index is 6.65. The van der Waals surface area contributed by atoms with Gasteiger partial charge in [-0.2, -0.15) is 0 Å². The molecule has 1 fully saturated rings. The summed E-state index contributed by atoms with van der Waals surface area (Å²) in [7, 11) is -0.497. The van der Waals surface area contributed by atoms with Gasteiger partial charge in [-0.3, -0.25) is 0 Å². The topological polar surface area (TPSA) is 18.5 Å². The molecule has 0 saturated carbocycles. The smallest absolute Gasteiger partial charge is 0.399 e. The Balaban J connectivity index is 1.32. The monoisotopic (exact) mass is 660 g/mol. The van der Waals surface area contributed by atoms with E-state index in [-0.39, 0.29) is 0 Å². The van der Waals surface area contributed by atoms with Crippen LogP contribution in [0.25, 0.3) is 66.8 Å². The zero-order valence-electron chi connectivity index (χ0n) is 29.6. The number of rotatable bonds is 7. The number of hydrogen-bond acceptors (Lipinski definition) is 2. The van der Waals surface area contributed by atoms with Crippen molar-refractivity contribution in [3.8, 4) is 66.8 Å². The highest BCUT2D eigenvalue weighted by atomic mass is 16.7. The molecule has 0 amide bonds. The molecule has 7 aromatic carbocycles. The van der Waals surface area contributed by atoms with Crippen LogP contribution in [0.1, 0.15) is 27.7 Å². The van der Waals surface area contributed by atoms with E-state index >= 15 is 0 Å². The lowest BCUT2D eigenvalue weighted by Gasteiger charge is -2.32. The third-order valence-corrected chi connectivity index (χ3v) is 10.5. The van der Waals surface area contributed by atoms with Gasteiger partial charge >= 0.3 is 7.12 Å². The second kappa shape index (κ2) is 13.3. The minimum atomic E-state index is -0.497. The first-order valence-electron chi connectivity index (χ1n) is 17.8. The van der Waals surface area contributed by atoms with Crippen LogP contribution in [0.3, 0.4) is 0 Å². The van der Waals surface area contributed by atoms with Gasteiger partial charge in [0.05, 0.1) is 11.2 Å². The average Bonchev–Trinajstić information content (AvgIpc) is 3.41. The Kier molecular flexibility index (Phi) is 8.56. The fourth-order valence-electron chi connectivity index (χ4n) is 7.00. The quantitative estimate of drug-likeness (QED) is 0.158. The number of hydrogen-bond donors (Lipinski definition) is 0. The van der Waals surface area contributed by atoms with E-state index in [0.29, 0.717) is 0 Å². The predicted molar refractivity (Wildman–Crippen MR) is 215 cm³/mol. The molecular formula is C48H41BO2. The maximum Gasteiger partial charge on any atom is 0.494 e. The summed E-state index contributed by atoms with van der Waals surface area (Å²) in [6.07, 6.45) is 0. The standard InChI is InChI=1S/C48H41BO2/c1-47(2)48(3,4)51-49(50-47)42-30-40(38-25-27-43(34-17-9-5-10-18-34)45(32-38)36-21-13-7-14-22-36)29-41(31-42)39-26-28-44(35-19-11-6-12-20-35)46(33-39)37-23-15-8-16-24-37/h5-33H,1-4H3. The Morgan fingerprint density at radius 3 is 1.00 bits per heavy atom. The Labute approximate surface area is 302 Å². The van der Waals surface area contributed by atoms with Crippen molar-refractivity contribution in [3.05, 3.63) is 176 Å². The molecule has 2 nitrogen and oxygen atoms in total. The first-order valence-corrected chi connectivity index (χ1v) is 17.8. The molecule has 8 rings (SSSR count). The van der Waals surface area contributed by atoms with E-state index in [1.54, 1.807) is 0 Å². The molecule has 3 heteroatoms. The third-order valence-electron chi connectivity index (χ3n) is 10.5. The second-order valence-corrected chi connectivity index (χ2v) is 14.4. The van der Waals surface area contributed by atoms with E-state index in [1.165, 1.54) is 44.5 Å². The van der Waals surface area contributed by atoms with Gasteiger partial charge in [-0.15, -0.1) is 0 Å². The van der Waals surface area contributed by atoms with Crippen LogP contribution >= 0.6 is 0 Å². The maximum atomic E-state index is 6.65. The summed E-state index contributed by atoms with van der Waals surface area (Å²) in [4.78, 5) is 0. The Bertz CT molecular complexity index is 2140. The van der Waals surface area contributed by atoms with Crippen molar-refractivity contribution in [3.63, 3.8) is 0 Å². The molecule has 0 N–H and O–H groups in total. The van der Waals surface area contributed by atoms with Gasteiger partial charge < -0.3 is 9.31 Å². The average molecular weight is 661 g/mol. The van der Waals surface area contributed by atoms with Gasteiger partial charge in [0.25, 0.3) is 0 Å². The third kappa shape index (κ3) is 6.47. The molecule has 1 aliphatic heterocycles. The lowest BCUT2D eigenvalue weighted by Crippen LogP contribution is -2.41. The van der Waals surface area contributed by atoms with Crippen LogP contribution in [0.15, 0.2) is 176 Å². The van der Waals surface area contributed by atoms with Crippen LogP contribution < -0.4 is 5.46 Å². The van der Waals surface area contributed by atoms with E-state index in [1.807, 2.05) is 0 Å². The second-order valence-electron chi connectivity index (χ2n) is 14.4. The molecule has 0 aliphatic carbocycles. The van der Waals surface area contributed by atoms with E-state index in [9.17, 15) is 0 Å². The molecular weight excluding hydrogens is 619 g/mol. The van der Waals surface area contributed by atoms with E-state index < -0.39 is 18.3 Å². The van der Waals surface area contributed by atoms with Gasteiger partial charge in [-0.25, -0.2) is 0 Å². The zero-order chi connectivity index (χ0) is 35.0. The molecule has 1 aliphatic rings. The lowest BCUT2D eigenvalue weighted by atomic mass is 9.76. The van der Waals surface area contributed by atoms with Crippen LogP contribution in [0, 0.1) is 0 Å². The molecule has 0 radical (unpaired) electrons. The molecule has 7 aromatic rings. The van der Waals surface area contributed by atoms with Crippen LogP contribution in [-0.4, -0.2) is 18.3 Å². The van der Waals surface area contributed by atoms with Crippen LogP contribution in [0.2, 0.25) is 0 Å². The minimum absolute atomic E-state index is 0.455. The molecule has 0 unspecified atom stereocenters. The summed E-state index contributed by atoms with van der Waals surface area (Å²) in [5.74, 6) is 0. The summed E-state index contributed by atoms with van der Waals surface area (Å²) in [5, 5.41) is 0. The Morgan fingerprint density at radius 1 is 0.314 bits per heavy atom. The highest BCUT2D eigenvalue weighted by Crippen LogP contribution is 2.41. The van der Waals surface area contributed by atoms with Crippen LogP contribution in [0.4, 0.5) is 0 Å². The minimum Gasteiger partial charge on any atom is -0.399 e. The normalized spacial score (nSPS) is 14.8. The van der Waals surface area contributed by atoms with Crippen molar-refractivity contribution < 1.29 is 9.31 Å². The van der Waals surface area contributed by atoms with Gasteiger partial charge in [0, 0.05) is 0 Å². The van der Waals surface area contributed by atoms with Crippen molar-refractivity contribution in [1.29, 1.82) is 0 Å². The SMILES string of the molecule is CC1(C)OB(c2cc(-c3ccc(-c4ccccc4)c(-c4ccccc4)c3)cc(-c3ccc(-c4ccccc4)c(-c4ccccc4)c3)c2)OC1(C)C. The Morgan fingerprint density at radius 2 is 0.647 bits per heavy atom. The molecule has 51 heavy (non-hydrogen) atoms. The highest BCUT2D eigenvalue weighted by molar-refractivity contribution is 6.62. The summed E-state index contributed by atoms with van der Waals surface area (Å²) in [5.41, 5.74) is 14.2. The first-order chi connectivity index (χ1) is 24.8. The first kappa shape index (κ1) is 32.7. The van der Waals surface area contributed by atoms with Gasteiger partial charge in [0.1, 0.15) is 0 Å². The van der Waals surface area contributed by atoms with Crippen molar-refractivity contribution in [1.82, 2.24) is 0 Å². The van der Waals surface area contributed by atoms with Crippen molar-refractivity contribution >= 4 is 12.6 Å². The number of benzene rings is 7. The van der Waals surface area contributed by atoms with Crippen LogP contribution in [0.5, 0.6) is 0 Å². The Hall–Kier alpha value is -5.48. The fourth-order valence-corrected chi connectivity index (χ4v) is 7.00. The van der Waals surface area contributed by atoms with Gasteiger partial charge in [-0.05, 0) is 118 Å². The lowest BCUT2D eigenvalue weighted by molar-refractivity contribution is 0.00578. The largest absolute Gasteiger partial charge is 0.494 e. The molecule has 0 atom stereocenters. The fraction of sp³-hybridized carbons (Fsp3) is 0.125. The van der Waals surface area contributed by atoms with Gasteiger partial charge in [-0.1, -0.05) is 158 Å². The molecule has 1 heterocycles. The summed E-state index contributed by atoms with van der Waals surface area (Å²) in [6.45, 7) is 8.45. The predicted octanol–water partition coefficient (Wildman–Crippen LogP) is 12.0.